The molecule has 0 spiro atoms. The molecule has 0 aliphatic heterocycles. The maximum atomic E-state index is 10.7. The summed E-state index contributed by atoms with van der Waals surface area (Å²) >= 11 is 0. The Balaban J connectivity index is 2.35. The molecule has 0 aromatic heterocycles. The topological polar surface area (TPSA) is 38.7 Å². The second-order valence-electron chi connectivity index (χ2n) is 5.39. The van der Waals surface area contributed by atoms with Crippen LogP contribution in [0, 0.1) is 6.92 Å². The lowest BCUT2D eigenvalue weighted by Crippen LogP contribution is -2.07. The first kappa shape index (κ1) is 15.4. The van der Waals surface area contributed by atoms with Gasteiger partial charge in [-0.05, 0) is 50.6 Å². The van der Waals surface area contributed by atoms with Gasteiger partial charge in [-0.25, -0.2) is 0 Å². The summed E-state index contributed by atoms with van der Waals surface area (Å²) in [5.74, 6) is 1.44. The molecular formula is C18H22O3. The number of rotatable bonds is 5. The van der Waals surface area contributed by atoms with Gasteiger partial charge in [-0.1, -0.05) is 23.8 Å². The van der Waals surface area contributed by atoms with Crippen molar-refractivity contribution in [1.29, 1.82) is 0 Å². The van der Waals surface area contributed by atoms with Gasteiger partial charge in [0.25, 0.3) is 0 Å². The third-order valence-corrected chi connectivity index (χ3v) is 3.23. The molecular weight excluding hydrogens is 264 g/mol. The minimum Gasteiger partial charge on any atom is -0.496 e. The predicted molar refractivity (Wildman–Crippen MR) is 84.0 cm³/mol. The van der Waals surface area contributed by atoms with Crippen LogP contribution in [0.2, 0.25) is 0 Å². The molecule has 0 aliphatic carbocycles. The monoisotopic (exact) mass is 286 g/mol. The molecule has 1 N–H and O–H groups in total. The minimum atomic E-state index is -0.740. The number of hydrogen-bond donors (Lipinski definition) is 1. The molecule has 2 aromatic rings. The lowest BCUT2D eigenvalue weighted by atomic mass is 9.99. The number of aliphatic hydroxyl groups excluding tert-OH is 1. The second kappa shape index (κ2) is 6.64. The van der Waals surface area contributed by atoms with Crippen molar-refractivity contribution in [3.8, 4) is 11.5 Å². The lowest BCUT2D eigenvalue weighted by Gasteiger charge is -2.17. The van der Waals surface area contributed by atoms with Gasteiger partial charge in [0.1, 0.15) is 17.6 Å². The van der Waals surface area contributed by atoms with Gasteiger partial charge in [-0.15, -0.1) is 0 Å². The Labute approximate surface area is 126 Å². The van der Waals surface area contributed by atoms with Crippen LogP contribution in [-0.2, 0) is 0 Å². The molecule has 1 unspecified atom stereocenters. The summed E-state index contributed by atoms with van der Waals surface area (Å²) in [4.78, 5) is 0. The lowest BCUT2D eigenvalue weighted by molar-refractivity contribution is 0.211. The fraction of sp³-hybridized carbons (Fsp3) is 0.333. The van der Waals surface area contributed by atoms with Crippen LogP contribution in [0.3, 0.4) is 0 Å². The molecule has 3 nitrogen and oxygen atoms in total. The molecule has 0 amide bonds. The maximum absolute atomic E-state index is 10.7. The van der Waals surface area contributed by atoms with E-state index in [4.69, 9.17) is 9.47 Å². The number of aliphatic hydroxyl groups is 1. The molecule has 0 fully saturated rings. The Kier molecular flexibility index (Phi) is 4.86. The van der Waals surface area contributed by atoms with E-state index in [-0.39, 0.29) is 6.10 Å². The number of ether oxygens (including phenoxy) is 2. The third-order valence-electron chi connectivity index (χ3n) is 3.23. The highest BCUT2D eigenvalue weighted by molar-refractivity contribution is 5.44. The predicted octanol–water partition coefficient (Wildman–Crippen LogP) is 3.87. The van der Waals surface area contributed by atoms with Gasteiger partial charge < -0.3 is 14.6 Å². The molecule has 21 heavy (non-hydrogen) atoms. The van der Waals surface area contributed by atoms with E-state index >= 15 is 0 Å². The second-order valence-corrected chi connectivity index (χ2v) is 5.39. The van der Waals surface area contributed by atoms with Gasteiger partial charge in [0, 0.05) is 5.56 Å². The van der Waals surface area contributed by atoms with Crippen molar-refractivity contribution in [3.05, 3.63) is 59.2 Å². The Hall–Kier alpha value is -2.00. The van der Waals surface area contributed by atoms with Crippen LogP contribution in [0.25, 0.3) is 0 Å². The van der Waals surface area contributed by atoms with Crippen LogP contribution >= 0.6 is 0 Å². The SMILES string of the molecule is COc1ccc(C)cc1C(O)c1cccc(OC(C)C)c1. The van der Waals surface area contributed by atoms with Crippen LogP contribution in [0.5, 0.6) is 11.5 Å². The van der Waals surface area contributed by atoms with Crippen molar-refractivity contribution in [2.24, 2.45) is 0 Å². The summed E-state index contributed by atoms with van der Waals surface area (Å²) in [7, 11) is 1.61. The first-order valence-electron chi connectivity index (χ1n) is 7.10. The van der Waals surface area contributed by atoms with Gasteiger partial charge in [-0.3, -0.25) is 0 Å². The van der Waals surface area contributed by atoms with Crippen LogP contribution in [0.15, 0.2) is 42.5 Å². The van der Waals surface area contributed by atoms with Crippen molar-refractivity contribution in [2.45, 2.75) is 33.0 Å². The van der Waals surface area contributed by atoms with E-state index in [1.165, 1.54) is 0 Å². The summed E-state index contributed by atoms with van der Waals surface area (Å²) in [5, 5.41) is 10.7. The van der Waals surface area contributed by atoms with Gasteiger partial charge in [0.05, 0.1) is 13.2 Å². The molecule has 0 radical (unpaired) electrons. The highest BCUT2D eigenvalue weighted by Gasteiger charge is 2.16. The minimum absolute atomic E-state index is 0.103. The number of benzene rings is 2. The van der Waals surface area contributed by atoms with Crippen LogP contribution in [0.4, 0.5) is 0 Å². The molecule has 0 aliphatic rings. The summed E-state index contributed by atoms with van der Waals surface area (Å²) in [6.07, 6.45) is -0.638. The quantitative estimate of drug-likeness (QED) is 0.906. The molecule has 0 bridgehead atoms. The Bertz CT molecular complexity index is 605. The van der Waals surface area contributed by atoms with Crippen molar-refractivity contribution in [1.82, 2.24) is 0 Å². The van der Waals surface area contributed by atoms with Crippen LogP contribution < -0.4 is 9.47 Å². The normalized spacial score (nSPS) is 12.3. The van der Waals surface area contributed by atoms with E-state index in [1.54, 1.807) is 7.11 Å². The molecule has 2 rings (SSSR count). The van der Waals surface area contributed by atoms with E-state index in [1.807, 2.05) is 63.2 Å². The first-order chi connectivity index (χ1) is 10.0. The van der Waals surface area contributed by atoms with Gasteiger partial charge in [0.2, 0.25) is 0 Å². The van der Waals surface area contributed by atoms with E-state index < -0.39 is 6.10 Å². The zero-order valence-corrected chi connectivity index (χ0v) is 13.0. The van der Waals surface area contributed by atoms with Crippen molar-refractivity contribution in [2.75, 3.05) is 7.11 Å². The van der Waals surface area contributed by atoms with Crippen molar-refractivity contribution >= 4 is 0 Å². The summed E-state index contributed by atoms with van der Waals surface area (Å²) in [5.41, 5.74) is 2.63. The zero-order chi connectivity index (χ0) is 15.4. The molecule has 0 saturated heterocycles. The molecule has 0 saturated carbocycles. The summed E-state index contributed by atoms with van der Waals surface area (Å²) < 4.78 is 11.0. The third kappa shape index (κ3) is 3.76. The van der Waals surface area contributed by atoms with Crippen LogP contribution in [0.1, 0.15) is 36.6 Å². The number of hydrogen-bond acceptors (Lipinski definition) is 3. The first-order valence-corrected chi connectivity index (χ1v) is 7.10. The molecule has 1 atom stereocenters. The van der Waals surface area contributed by atoms with Crippen molar-refractivity contribution < 1.29 is 14.6 Å². The standard InChI is InChI=1S/C18H22O3/c1-12(2)21-15-7-5-6-14(11-15)18(19)16-10-13(3)8-9-17(16)20-4/h5-12,18-19H,1-4H3. The van der Waals surface area contributed by atoms with Gasteiger partial charge in [-0.2, -0.15) is 0 Å². The van der Waals surface area contributed by atoms with Crippen LogP contribution in [-0.4, -0.2) is 18.3 Å². The summed E-state index contributed by atoms with van der Waals surface area (Å²) in [6.45, 7) is 5.95. The molecule has 0 heterocycles. The number of methoxy groups -OCH3 is 1. The average Bonchev–Trinajstić information content (AvgIpc) is 2.46. The fourth-order valence-electron chi connectivity index (χ4n) is 2.28. The Morgan fingerprint density at radius 3 is 2.48 bits per heavy atom. The maximum Gasteiger partial charge on any atom is 0.125 e. The smallest absolute Gasteiger partial charge is 0.125 e. The molecule has 3 heteroatoms. The highest BCUT2D eigenvalue weighted by atomic mass is 16.5. The Morgan fingerprint density at radius 2 is 1.81 bits per heavy atom. The van der Waals surface area contributed by atoms with E-state index in [0.717, 1.165) is 22.4 Å². The molecule has 2 aromatic carbocycles. The van der Waals surface area contributed by atoms with Crippen molar-refractivity contribution in [3.63, 3.8) is 0 Å². The van der Waals surface area contributed by atoms with Gasteiger partial charge in [0.15, 0.2) is 0 Å². The Morgan fingerprint density at radius 1 is 1.05 bits per heavy atom. The highest BCUT2D eigenvalue weighted by Crippen LogP contribution is 2.32. The number of aryl methyl sites for hydroxylation is 1. The average molecular weight is 286 g/mol. The molecule has 112 valence electrons. The largest absolute Gasteiger partial charge is 0.496 e. The fourth-order valence-corrected chi connectivity index (χ4v) is 2.28. The van der Waals surface area contributed by atoms with E-state index in [9.17, 15) is 5.11 Å². The van der Waals surface area contributed by atoms with E-state index in [0.29, 0.717) is 5.75 Å². The summed E-state index contributed by atoms with van der Waals surface area (Å²) in [6, 6.07) is 13.3. The van der Waals surface area contributed by atoms with E-state index in [2.05, 4.69) is 0 Å². The van der Waals surface area contributed by atoms with Gasteiger partial charge >= 0.3 is 0 Å². The zero-order valence-electron chi connectivity index (χ0n) is 13.0.